The summed E-state index contributed by atoms with van der Waals surface area (Å²) in [5.74, 6) is 2.50. The first-order valence-electron chi connectivity index (χ1n) is 12.0. The fourth-order valence-electron chi connectivity index (χ4n) is 3.56. The fourth-order valence-corrected chi connectivity index (χ4v) is 10.7. The molecule has 0 aromatic carbocycles. The van der Waals surface area contributed by atoms with Gasteiger partial charge >= 0.3 is 0 Å². The summed E-state index contributed by atoms with van der Waals surface area (Å²) in [6.45, 7) is 42.6. The number of hydrogen-bond donors (Lipinski definition) is 0. The van der Waals surface area contributed by atoms with Gasteiger partial charge in [0.1, 0.15) is 0 Å². The molecule has 0 amide bonds. The highest BCUT2D eigenvalue weighted by atomic mass is 28.3. The van der Waals surface area contributed by atoms with E-state index < -0.39 is 8.07 Å². The third-order valence-corrected chi connectivity index (χ3v) is 14.6. The van der Waals surface area contributed by atoms with Crippen LogP contribution in [0.2, 0.25) is 43.3 Å². The van der Waals surface area contributed by atoms with Gasteiger partial charge in [-0.15, -0.1) is 0 Å². The summed E-state index contributed by atoms with van der Waals surface area (Å²) in [5.41, 5.74) is 1.07. The van der Waals surface area contributed by atoms with Crippen LogP contribution in [0.5, 0.6) is 0 Å². The Kier molecular flexibility index (Phi) is 15.3. The normalized spacial score (nSPS) is 13.5. The van der Waals surface area contributed by atoms with Crippen LogP contribution in [0.1, 0.15) is 99.8 Å². The van der Waals surface area contributed by atoms with E-state index in [1.165, 1.54) is 12.1 Å². The molecule has 0 fully saturated rings. The van der Waals surface area contributed by atoms with E-state index in [4.69, 9.17) is 0 Å². The molecule has 0 saturated heterocycles. The molecule has 2 heteroatoms. The predicted molar refractivity (Wildman–Crippen MR) is 148 cm³/mol. The lowest BCUT2D eigenvalue weighted by Gasteiger charge is -2.46. The third-order valence-electron chi connectivity index (χ3n) is 6.51. The van der Waals surface area contributed by atoms with Crippen LogP contribution in [0.25, 0.3) is 0 Å². The Morgan fingerprint density at radius 3 is 1.11 bits per heavy atom. The van der Waals surface area contributed by atoms with Crippen molar-refractivity contribution in [2.75, 3.05) is 0 Å². The minimum Gasteiger partial charge on any atom is -0.0722 e. The second kappa shape index (κ2) is 13.0. The maximum atomic E-state index is 2.55. The molecule has 0 heterocycles. The van der Waals surface area contributed by atoms with Gasteiger partial charge in [-0.3, -0.25) is 0 Å². The Labute approximate surface area is 188 Å². The monoisotopic (exact) mass is 434 g/mol. The van der Waals surface area contributed by atoms with Crippen LogP contribution in [0, 0.1) is 28.6 Å². The van der Waals surface area contributed by atoms with Crippen LogP contribution < -0.4 is 0 Å². The molecule has 0 aliphatic heterocycles. The van der Waals surface area contributed by atoms with E-state index in [0.717, 1.165) is 17.8 Å². The van der Waals surface area contributed by atoms with E-state index in [-0.39, 0.29) is 11.7 Å². The minimum atomic E-state index is -1.13. The highest BCUT2D eigenvalue weighted by molar-refractivity contribution is 6.80. The summed E-state index contributed by atoms with van der Waals surface area (Å²) in [6.07, 6.45) is 0. The van der Waals surface area contributed by atoms with Crippen LogP contribution in [0.15, 0.2) is 0 Å². The molecule has 0 N–H and O–H groups in total. The maximum Gasteiger partial charge on any atom is 0.0538 e. The largest absolute Gasteiger partial charge is 0.0722 e. The third kappa shape index (κ3) is 18.5. The molecule has 0 saturated carbocycles. The first kappa shape index (κ1) is 33.1. The summed E-state index contributed by atoms with van der Waals surface area (Å²) >= 11 is 0. The molecule has 0 aliphatic rings. The van der Waals surface area contributed by atoms with Crippen molar-refractivity contribution in [2.45, 2.75) is 140 Å². The molecule has 0 atom stereocenters. The average molecular weight is 435 g/mol. The standard InChI is InChI=1S/C13H30Si.C7H18Si.C6H14.2H2/c1-11(2)13(6,7)14(8,9)10-12(3,4)5;1-7(2,3)6-8(4)5;1-5(2)6(3)4;;/h11H,10H2,1-9H3;8H,6H2,1-5H3;5-6H,1-4H3;2*1H. The van der Waals surface area contributed by atoms with Gasteiger partial charge in [0, 0.05) is 11.7 Å². The van der Waals surface area contributed by atoms with Gasteiger partial charge in [-0.05, 0) is 33.6 Å². The van der Waals surface area contributed by atoms with Crippen LogP contribution in [-0.4, -0.2) is 16.9 Å². The van der Waals surface area contributed by atoms with E-state index in [1.807, 2.05) is 0 Å². The summed E-state index contributed by atoms with van der Waals surface area (Å²) in [6, 6.07) is 2.89. The number of rotatable bonds is 5. The predicted octanol–water partition coefficient (Wildman–Crippen LogP) is 10.5. The highest BCUT2D eigenvalue weighted by Gasteiger charge is 2.42. The molecule has 0 spiro atoms. The zero-order valence-electron chi connectivity index (χ0n) is 23.7. The molecule has 0 rings (SSSR count). The molecular formula is C26H66Si2. The molecular weight excluding hydrogens is 368 g/mol. The second-order valence-electron chi connectivity index (χ2n) is 14.1. The Bertz CT molecular complexity index is 379. The highest BCUT2D eigenvalue weighted by Crippen LogP contribution is 2.48. The Morgan fingerprint density at radius 1 is 0.679 bits per heavy atom. The molecule has 0 aromatic rings. The van der Waals surface area contributed by atoms with Crippen molar-refractivity contribution >= 4 is 16.9 Å². The lowest BCUT2D eigenvalue weighted by Crippen LogP contribution is -2.44. The van der Waals surface area contributed by atoms with E-state index in [1.54, 1.807) is 0 Å². The first-order valence-corrected chi connectivity index (χ1v) is 18.3. The molecule has 0 nitrogen and oxygen atoms in total. The van der Waals surface area contributed by atoms with Crippen LogP contribution in [-0.2, 0) is 0 Å². The second-order valence-corrected chi connectivity index (χ2v) is 22.8. The van der Waals surface area contributed by atoms with Gasteiger partial charge in [-0.25, -0.2) is 0 Å². The smallest absolute Gasteiger partial charge is 0.0538 e. The van der Waals surface area contributed by atoms with Crippen molar-refractivity contribution in [1.29, 1.82) is 0 Å². The van der Waals surface area contributed by atoms with Gasteiger partial charge in [0.2, 0.25) is 0 Å². The maximum absolute atomic E-state index is 2.55. The van der Waals surface area contributed by atoms with Crippen LogP contribution in [0.3, 0.4) is 0 Å². The SMILES string of the molecule is CC(C)C(C)(C)[Si](C)(C)CC(C)(C)C.CC(C)C(C)C.C[SiH](C)CC(C)(C)C.[HH].[HH]. The van der Waals surface area contributed by atoms with Crippen molar-refractivity contribution in [2.24, 2.45) is 28.6 Å². The van der Waals surface area contributed by atoms with Gasteiger partial charge < -0.3 is 0 Å². The van der Waals surface area contributed by atoms with Gasteiger partial charge in [0.05, 0.1) is 8.07 Å². The molecule has 0 aromatic heterocycles. The molecule has 0 radical (unpaired) electrons. The quantitative estimate of drug-likeness (QED) is 0.377. The lowest BCUT2D eigenvalue weighted by molar-refractivity contribution is 0.417. The zero-order valence-corrected chi connectivity index (χ0v) is 25.9. The van der Waals surface area contributed by atoms with Crippen molar-refractivity contribution in [3.63, 3.8) is 0 Å². The van der Waals surface area contributed by atoms with Crippen LogP contribution in [0.4, 0.5) is 0 Å². The summed E-state index contributed by atoms with van der Waals surface area (Å²) in [4.78, 5) is 0. The molecule has 28 heavy (non-hydrogen) atoms. The van der Waals surface area contributed by atoms with Gasteiger partial charge in [-0.2, -0.15) is 0 Å². The first-order chi connectivity index (χ1) is 12.0. The molecule has 0 unspecified atom stereocenters. The minimum absolute atomic E-state index is 0. The summed E-state index contributed by atoms with van der Waals surface area (Å²) < 4.78 is 0. The Hall–Kier alpha value is 0.434. The molecule has 0 bridgehead atoms. The zero-order chi connectivity index (χ0) is 23.7. The average Bonchev–Trinajstić information content (AvgIpc) is 2.33. The summed E-state index contributed by atoms with van der Waals surface area (Å²) in [7, 11) is -1.42. The van der Waals surface area contributed by atoms with Gasteiger partial charge in [0.25, 0.3) is 0 Å². The van der Waals surface area contributed by atoms with E-state index >= 15 is 0 Å². The molecule has 0 aliphatic carbocycles. The summed E-state index contributed by atoms with van der Waals surface area (Å²) in [5, 5.41) is 0.542. The van der Waals surface area contributed by atoms with Gasteiger partial charge in [0.15, 0.2) is 0 Å². The van der Waals surface area contributed by atoms with Gasteiger partial charge in [-0.1, -0.05) is 135 Å². The van der Waals surface area contributed by atoms with E-state index in [0.29, 0.717) is 15.9 Å². The van der Waals surface area contributed by atoms with E-state index in [2.05, 4.69) is 123 Å². The fraction of sp³-hybridized carbons (Fsp3) is 1.00. The Morgan fingerprint density at radius 2 is 1.00 bits per heavy atom. The van der Waals surface area contributed by atoms with E-state index in [9.17, 15) is 0 Å². The topological polar surface area (TPSA) is 0 Å². The van der Waals surface area contributed by atoms with Crippen LogP contribution >= 0.6 is 0 Å². The lowest BCUT2D eigenvalue weighted by atomic mass is 9.98. The van der Waals surface area contributed by atoms with Crippen molar-refractivity contribution in [3.8, 4) is 0 Å². The van der Waals surface area contributed by atoms with Crippen molar-refractivity contribution in [3.05, 3.63) is 0 Å². The van der Waals surface area contributed by atoms with Crippen molar-refractivity contribution < 1.29 is 2.85 Å². The molecule has 178 valence electrons. The number of hydrogen-bond acceptors (Lipinski definition) is 0. The van der Waals surface area contributed by atoms with Crippen molar-refractivity contribution in [1.82, 2.24) is 0 Å². The Balaban J connectivity index is -0.000000112.